The highest BCUT2D eigenvalue weighted by atomic mass is 16.7. The maximum atomic E-state index is 13.4. The van der Waals surface area contributed by atoms with E-state index in [9.17, 15) is 4.79 Å². The standard InChI is InChI=1S/C23H28N6O3/c30-23-17(11-15-12-19-20(32-14-31-19)13-18(15)24-23)21(28-9-5-1-2-6-10-28)22-25-26-27-29(22)16-7-3-4-8-16/h11-13,16,21H,1-10,14H2,(H,24,30). The van der Waals surface area contributed by atoms with E-state index in [1.807, 2.05) is 22.9 Å². The fourth-order valence-electron chi connectivity index (χ4n) is 5.46. The van der Waals surface area contributed by atoms with Crippen molar-refractivity contribution in [2.75, 3.05) is 19.9 Å². The number of nitrogens with one attached hydrogen (secondary N) is 1. The molecule has 9 heteroatoms. The van der Waals surface area contributed by atoms with Gasteiger partial charge in [0.25, 0.3) is 5.56 Å². The van der Waals surface area contributed by atoms with Gasteiger partial charge in [-0.15, -0.1) is 5.10 Å². The first-order valence-electron chi connectivity index (χ1n) is 11.8. The second kappa shape index (κ2) is 8.20. The minimum atomic E-state index is -0.276. The number of aromatic nitrogens is 5. The number of tetrazole rings is 1. The lowest BCUT2D eigenvalue weighted by Crippen LogP contribution is -2.36. The number of rotatable bonds is 4. The van der Waals surface area contributed by atoms with Gasteiger partial charge in [0.1, 0.15) is 6.04 Å². The van der Waals surface area contributed by atoms with E-state index < -0.39 is 0 Å². The van der Waals surface area contributed by atoms with E-state index >= 15 is 0 Å². The van der Waals surface area contributed by atoms with Gasteiger partial charge >= 0.3 is 0 Å². The first-order chi connectivity index (χ1) is 15.8. The SMILES string of the molecule is O=c1[nH]c2cc3c(cc2cc1C(c1nnnn1C1CCCC1)N1CCCCCC1)OCO3. The summed E-state index contributed by atoms with van der Waals surface area (Å²) in [6.07, 6.45) is 9.23. The maximum Gasteiger partial charge on any atom is 0.253 e. The van der Waals surface area contributed by atoms with E-state index in [1.165, 1.54) is 25.7 Å². The van der Waals surface area contributed by atoms with Crippen LogP contribution in [0.4, 0.5) is 0 Å². The first-order valence-corrected chi connectivity index (χ1v) is 11.8. The molecule has 2 aliphatic heterocycles. The van der Waals surface area contributed by atoms with Crippen LogP contribution in [0.3, 0.4) is 0 Å². The molecule has 2 aromatic heterocycles. The highest BCUT2D eigenvalue weighted by Gasteiger charge is 2.33. The summed E-state index contributed by atoms with van der Waals surface area (Å²) >= 11 is 0. The Morgan fingerprint density at radius 2 is 1.72 bits per heavy atom. The summed E-state index contributed by atoms with van der Waals surface area (Å²) in [6, 6.07) is 5.80. The maximum absolute atomic E-state index is 13.4. The van der Waals surface area contributed by atoms with Gasteiger partial charge in [0.05, 0.1) is 11.6 Å². The van der Waals surface area contributed by atoms with E-state index in [-0.39, 0.29) is 18.4 Å². The van der Waals surface area contributed by atoms with Crippen LogP contribution in [0.2, 0.25) is 0 Å². The fraction of sp³-hybridized carbons (Fsp3) is 0.565. The van der Waals surface area contributed by atoms with Crippen molar-refractivity contribution < 1.29 is 9.47 Å². The Kier molecular flexibility index (Phi) is 5.05. The molecule has 1 saturated heterocycles. The molecule has 3 aliphatic rings. The number of ether oxygens (including phenoxy) is 2. The van der Waals surface area contributed by atoms with E-state index in [1.54, 1.807) is 0 Å². The van der Waals surface area contributed by atoms with Gasteiger partial charge in [-0.1, -0.05) is 25.7 Å². The normalized spacial score (nSPS) is 20.6. The zero-order chi connectivity index (χ0) is 21.5. The quantitative estimate of drug-likeness (QED) is 0.670. The van der Waals surface area contributed by atoms with Gasteiger partial charge in [0.15, 0.2) is 17.3 Å². The van der Waals surface area contributed by atoms with Crippen molar-refractivity contribution in [1.29, 1.82) is 0 Å². The monoisotopic (exact) mass is 436 g/mol. The molecular weight excluding hydrogens is 408 g/mol. The molecule has 1 N–H and O–H groups in total. The van der Waals surface area contributed by atoms with Crippen molar-refractivity contribution >= 4 is 10.9 Å². The van der Waals surface area contributed by atoms with Gasteiger partial charge in [-0.2, -0.15) is 0 Å². The molecule has 0 spiro atoms. The topological polar surface area (TPSA) is 98.2 Å². The van der Waals surface area contributed by atoms with Crippen molar-refractivity contribution in [3.8, 4) is 11.5 Å². The van der Waals surface area contributed by atoms with E-state index in [2.05, 4.69) is 25.4 Å². The molecule has 3 aromatic rings. The van der Waals surface area contributed by atoms with Gasteiger partial charge in [0, 0.05) is 17.0 Å². The molecule has 168 valence electrons. The van der Waals surface area contributed by atoms with Crippen LogP contribution in [0, 0.1) is 0 Å². The van der Waals surface area contributed by atoms with Crippen LogP contribution in [-0.4, -0.2) is 50.0 Å². The minimum Gasteiger partial charge on any atom is -0.454 e. The molecule has 1 aliphatic carbocycles. The smallest absolute Gasteiger partial charge is 0.253 e. The summed E-state index contributed by atoms with van der Waals surface area (Å²) in [4.78, 5) is 18.9. The number of pyridine rings is 1. The van der Waals surface area contributed by atoms with Crippen LogP contribution in [0.5, 0.6) is 11.5 Å². The fourth-order valence-corrected chi connectivity index (χ4v) is 5.46. The van der Waals surface area contributed by atoms with E-state index in [0.717, 1.165) is 55.5 Å². The summed E-state index contributed by atoms with van der Waals surface area (Å²) in [5.74, 6) is 2.15. The molecule has 0 bridgehead atoms. The third-order valence-corrected chi connectivity index (χ3v) is 7.10. The van der Waals surface area contributed by atoms with Gasteiger partial charge in [-0.3, -0.25) is 9.69 Å². The number of hydrogen-bond acceptors (Lipinski definition) is 7. The number of aromatic amines is 1. The Hall–Kier alpha value is -2.94. The number of hydrogen-bond donors (Lipinski definition) is 1. The van der Waals surface area contributed by atoms with Crippen LogP contribution < -0.4 is 15.0 Å². The van der Waals surface area contributed by atoms with Gasteiger partial charge in [-0.05, 0) is 61.3 Å². The first kappa shape index (κ1) is 19.7. The summed E-state index contributed by atoms with van der Waals surface area (Å²) in [5, 5.41) is 13.8. The van der Waals surface area contributed by atoms with Gasteiger partial charge in [0.2, 0.25) is 6.79 Å². The van der Waals surface area contributed by atoms with Crippen LogP contribution in [0.1, 0.15) is 74.8 Å². The highest BCUT2D eigenvalue weighted by Crippen LogP contribution is 2.37. The van der Waals surface area contributed by atoms with Crippen molar-refractivity contribution in [2.24, 2.45) is 0 Å². The lowest BCUT2D eigenvalue weighted by atomic mass is 10.0. The summed E-state index contributed by atoms with van der Waals surface area (Å²) < 4.78 is 13.0. The number of likely N-dealkylation sites (tertiary alicyclic amines) is 1. The second-order valence-electron chi connectivity index (χ2n) is 9.12. The zero-order valence-electron chi connectivity index (χ0n) is 18.1. The van der Waals surface area contributed by atoms with Crippen molar-refractivity contribution in [1.82, 2.24) is 30.1 Å². The molecule has 1 atom stereocenters. The number of benzene rings is 1. The molecule has 9 nitrogen and oxygen atoms in total. The minimum absolute atomic E-state index is 0.105. The van der Waals surface area contributed by atoms with Crippen molar-refractivity contribution in [3.63, 3.8) is 0 Å². The zero-order valence-corrected chi connectivity index (χ0v) is 18.1. The van der Waals surface area contributed by atoms with Crippen LogP contribution in [0.15, 0.2) is 23.0 Å². The van der Waals surface area contributed by atoms with Gasteiger partial charge < -0.3 is 14.5 Å². The molecule has 32 heavy (non-hydrogen) atoms. The number of fused-ring (bicyclic) bond motifs is 2. The average molecular weight is 437 g/mol. The average Bonchev–Trinajstić information content (AvgIpc) is 3.53. The third kappa shape index (κ3) is 3.44. The second-order valence-corrected chi connectivity index (χ2v) is 9.12. The molecule has 1 saturated carbocycles. The van der Waals surface area contributed by atoms with Crippen molar-refractivity contribution in [2.45, 2.75) is 63.5 Å². The Morgan fingerprint density at radius 1 is 0.969 bits per heavy atom. The summed E-state index contributed by atoms with van der Waals surface area (Å²) in [6.45, 7) is 2.07. The van der Waals surface area contributed by atoms with E-state index in [4.69, 9.17) is 9.47 Å². The Balaban J connectivity index is 1.49. The van der Waals surface area contributed by atoms with Crippen molar-refractivity contribution in [3.05, 3.63) is 39.9 Å². The van der Waals surface area contributed by atoms with Crippen LogP contribution >= 0.6 is 0 Å². The molecule has 4 heterocycles. The lowest BCUT2D eigenvalue weighted by Gasteiger charge is -2.30. The molecule has 0 amide bonds. The molecule has 1 unspecified atom stereocenters. The molecular formula is C23H28N6O3. The molecule has 0 radical (unpaired) electrons. The van der Waals surface area contributed by atoms with E-state index in [0.29, 0.717) is 23.1 Å². The molecule has 6 rings (SSSR count). The predicted octanol–water partition coefficient (Wildman–Crippen LogP) is 3.32. The Bertz CT molecular complexity index is 1170. The summed E-state index contributed by atoms with van der Waals surface area (Å²) in [7, 11) is 0. The summed E-state index contributed by atoms with van der Waals surface area (Å²) in [5.41, 5.74) is 1.33. The number of nitrogens with zero attached hydrogens (tertiary/aromatic N) is 5. The predicted molar refractivity (Wildman–Crippen MR) is 118 cm³/mol. The molecule has 1 aromatic carbocycles. The van der Waals surface area contributed by atoms with Crippen LogP contribution in [0.25, 0.3) is 10.9 Å². The number of H-pyrrole nitrogens is 1. The Labute approximate surface area is 185 Å². The third-order valence-electron chi connectivity index (χ3n) is 7.10. The highest BCUT2D eigenvalue weighted by molar-refractivity contribution is 5.83. The van der Waals surface area contributed by atoms with Crippen LogP contribution in [-0.2, 0) is 0 Å². The largest absolute Gasteiger partial charge is 0.454 e. The molecule has 2 fully saturated rings. The Morgan fingerprint density at radius 3 is 2.50 bits per heavy atom. The van der Waals surface area contributed by atoms with Gasteiger partial charge in [-0.25, -0.2) is 4.68 Å². The lowest BCUT2D eigenvalue weighted by molar-refractivity contribution is 0.174.